The van der Waals surface area contributed by atoms with E-state index < -0.39 is 9.84 Å². The number of pyridine rings is 1. The van der Waals surface area contributed by atoms with Crippen molar-refractivity contribution in [2.45, 2.75) is 13.3 Å². The lowest BCUT2D eigenvalue weighted by Gasteiger charge is -2.09. The number of nitrogens with zero attached hydrogens (tertiary/aromatic N) is 3. The fraction of sp³-hybridized carbons (Fsp3) is 0.500. The van der Waals surface area contributed by atoms with E-state index in [2.05, 4.69) is 15.4 Å². The Morgan fingerprint density at radius 2 is 2.27 bits per heavy atom. The summed E-state index contributed by atoms with van der Waals surface area (Å²) in [7, 11) is -1.11. The third-order valence-electron chi connectivity index (χ3n) is 4.00. The van der Waals surface area contributed by atoms with Crippen molar-refractivity contribution in [2.24, 2.45) is 13.0 Å². The Morgan fingerprint density at radius 1 is 1.50 bits per heavy atom. The molecule has 2 aromatic heterocycles. The van der Waals surface area contributed by atoms with Gasteiger partial charge in [0.05, 0.1) is 22.8 Å². The van der Waals surface area contributed by atoms with Gasteiger partial charge in [0.25, 0.3) is 5.91 Å². The van der Waals surface area contributed by atoms with Gasteiger partial charge in [-0.05, 0) is 25.3 Å². The number of hydrogen-bond acceptors (Lipinski definition) is 5. The van der Waals surface area contributed by atoms with Crippen molar-refractivity contribution >= 4 is 26.8 Å². The summed E-state index contributed by atoms with van der Waals surface area (Å²) in [6.45, 7) is 2.25. The van der Waals surface area contributed by atoms with Crippen LogP contribution in [0.15, 0.2) is 12.3 Å². The largest absolute Gasteiger partial charge is 0.352 e. The monoisotopic (exact) mass is 322 g/mol. The number of carbonyl (C=O) groups is 1. The molecular weight excluding hydrogens is 304 g/mol. The normalized spacial score (nSPS) is 20.4. The van der Waals surface area contributed by atoms with Gasteiger partial charge in [-0.15, -0.1) is 0 Å². The standard InChI is InChI=1S/C14H18N4O3S/c1-9-12-5-11(7-15-13(12)18(2)17-9)14(19)16-6-10-3-4-22(20,21)8-10/h5,7,10H,3-4,6,8H2,1-2H3,(H,16,19). The van der Waals surface area contributed by atoms with E-state index in [0.717, 1.165) is 16.7 Å². The summed E-state index contributed by atoms with van der Waals surface area (Å²) in [5.74, 6) is 0.148. The average Bonchev–Trinajstić information content (AvgIpc) is 2.96. The Hall–Kier alpha value is -1.96. The molecule has 22 heavy (non-hydrogen) atoms. The van der Waals surface area contributed by atoms with Gasteiger partial charge >= 0.3 is 0 Å². The second-order valence-electron chi connectivity index (χ2n) is 5.78. The average molecular weight is 322 g/mol. The maximum Gasteiger partial charge on any atom is 0.252 e. The van der Waals surface area contributed by atoms with Crippen LogP contribution >= 0.6 is 0 Å². The summed E-state index contributed by atoms with van der Waals surface area (Å²) in [4.78, 5) is 16.5. The lowest BCUT2D eigenvalue weighted by atomic mass is 10.1. The molecule has 0 bridgehead atoms. The van der Waals surface area contributed by atoms with E-state index in [0.29, 0.717) is 18.5 Å². The van der Waals surface area contributed by atoms with Crippen LogP contribution in [0.2, 0.25) is 0 Å². The Kier molecular flexibility index (Phi) is 3.64. The van der Waals surface area contributed by atoms with Crippen LogP contribution in [0.4, 0.5) is 0 Å². The molecule has 3 rings (SSSR count). The zero-order valence-electron chi connectivity index (χ0n) is 12.5. The van der Waals surface area contributed by atoms with Crippen LogP contribution in [0.25, 0.3) is 11.0 Å². The molecule has 0 spiro atoms. The molecule has 1 aliphatic heterocycles. The first kappa shape index (κ1) is 15.0. The number of rotatable bonds is 3. The molecule has 1 fully saturated rings. The molecule has 0 aromatic carbocycles. The molecule has 0 saturated carbocycles. The minimum absolute atomic E-state index is 0.00534. The van der Waals surface area contributed by atoms with Crippen molar-refractivity contribution in [2.75, 3.05) is 18.1 Å². The fourth-order valence-electron chi connectivity index (χ4n) is 2.80. The molecule has 1 atom stereocenters. The van der Waals surface area contributed by atoms with Gasteiger partial charge in [-0.3, -0.25) is 9.48 Å². The highest BCUT2D eigenvalue weighted by Gasteiger charge is 2.28. The first-order valence-electron chi connectivity index (χ1n) is 7.14. The smallest absolute Gasteiger partial charge is 0.252 e. The van der Waals surface area contributed by atoms with E-state index in [9.17, 15) is 13.2 Å². The number of amides is 1. The first-order chi connectivity index (χ1) is 10.4. The molecule has 7 nitrogen and oxygen atoms in total. The summed E-state index contributed by atoms with van der Waals surface area (Å²) in [5, 5.41) is 7.92. The topological polar surface area (TPSA) is 93.9 Å². The Bertz CT molecular complexity index is 841. The predicted octanol–water partition coefficient (Wildman–Crippen LogP) is 0.441. The van der Waals surface area contributed by atoms with Crippen LogP contribution in [-0.4, -0.2) is 47.1 Å². The molecule has 1 N–H and O–H groups in total. The highest BCUT2D eigenvalue weighted by atomic mass is 32.2. The SMILES string of the molecule is Cc1nn(C)c2ncc(C(=O)NCC3CCS(=O)(=O)C3)cc12. The van der Waals surface area contributed by atoms with Crippen molar-refractivity contribution in [1.82, 2.24) is 20.1 Å². The zero-order valence-corrected chi connectivity index (χ0v) is 13.4. The van der Waals surface area contributed by atoms with Crippen LogP contribution in [0.3, 0.4) is 0 Å². The second-order valence-corrected chi connectivity index (χ2v) is 8.01. The van der Waals surface area contributed by atoms with Crippen LogP contribution < -0.4 is 5.32 Å². The van der Waals surface area contributed by atoms with Crippen LogP contribution in [0, 0.1) is 12.8 Å². The van der Waals surface area contributed by atoms with E-state index in [-0.39, 0.29) is 23.3 Å². The minimum Gasteiger partial charge on any atom is -0.352 e. The first-order valence-corrected chi connectivity index (χ1v) is 8.96. The van der Waals surface area contributed by atoms with E-state index in [4.69, 9.17) is 0 Å². The molecule has 1 aliphatic rings. The summed E-state index contributed by atoms with van der Waals surface area (Å²) >= 11 is 0. The second kappa shape index (κ2) is 5.35. The molecule has 8 heteroatoms. The van der Waals surface area contributed by atoms with Gasteiger partial charge in [0.1, 0.15) is 0 Å². The number of fused-ring (bicyclic) bond motifs is 1. The van der Waals surface area contributed by atoms with E-state index in [1.54, 1.807) is 10.7 Å². The van der Waals surface area contributed by atoms with Crippen molar-refractivity contribution in [3.8, 4) is 0 Å². The third-order valence-corrected chi connectivity index (χ3v) is 5.84. The molecule has 1 unspecified atom stereocenters. The van der Waals surface area contributed by atoms with Crippen molar-refractivity contribution in [1.29, 1.82) is 0 Å². The van der Waals surface area contributed by atoms with Crippen LogP contribution in [0.1, 0.15) is 22.5 Å². The highest BCUT2D eigenvalue weighted by molar-refractivity contribution is 7.91. The number of aromatic nitrogens is 3. The summed E-state index contributed by atoms with van der Waals surface area (Å²) in [6, 6.07) is 1.77. The number of carbonyl (C=O) groups excluding carboxylic acids is 1. The van der Waals surface area contributed by atoms with E-state index >= 15 is 0 Å². The maximum atomic E-state index is 12.2. The molecule has 2 aromatic rings. The summed E-state index contributed by atoms with van der Waals surface area (Å²) in [5.41, 5.74) is 2.02. The number of hydrogen-bond donors (Lipinski definition) is 1. The molecule has 0 radical (unpaired) electrons. The van der Waals surface area contributed by atoms with Crippen LogP contribution in [-0.2, 0) is 16.9 Å². The number of sulfone groups is 1. The highest BCUT2D eigenvalue weighted by Crippen LogP contribution is 2.18. The van der Waals surface area contributed by atoms with Crippen molar-refractivity contribution in [3.05, 3.63) is 23.5 Å². The van der Waals surface area contributed by atoms with Gasteiger partial charge < -0.3 is 5.32 Å². The van der Waals surface area contributed by atoms with Gasteiger partial charge in [0.2, 0.25) is 0 Å². The lowest BCUT2D eigenvalue weighted by Crippen LogP contribution is -2.29. The van der Waals surface area contributed by atoms with Crippen molar-refractivity contribution < 1.29 is 13.2 Å². The number of nitrogens with one attached hydrogen (secondary N) is 1. The van der Waals surface area contributed by atoms with Gasteiger partial charge in [-0.2, -0.15) is 5.10 Å². The fourth-order valence-corrected chi connectivity index (χ4v) is 4.67. The Morgan fingerprint density at radius 3 is 2.95 bits per heavy atom. The third kappa shape index (κ3) is 2.83. The molecule has 3 heterocycles. The Labute approximate surface area is 128 Å². The lowest BCUT2D eigenvalue weighted by molar-refractivity contribution is 0.0948. The van der Waals surface area contributed by atoms with Crippen molar-refractivity contribution in [3.63, 3.8) is 0 Å². The quantitative estimate of drug-likeness (QED) is 0.885. The molecule has 1 amide bonds. The Balaban J connectivity index is 1.71. The van der Waals surface area contributed by atoms with Crippen LogP contribution in [0.5, 0.6) is 0 Å². The molecular formula is C14H18N4O3S. The minimum atomic E-state index is -2.91. The van der Waals surface area contributed by atoms with Gasteiger partial charge in [0.15, 0.2) is 15.5 Å². The molecule has 0 aliphatic carbocycles. The summed E-state index contributed by atoms with van der Waals surface area (Å²) < 4.78 is 24.5. The molecule has 1 saturated heterocycles. The summed E-state index contributed by atoms with van der Waals surface area (Å²) in [6.07, 6.45) is 2.13. The zero-order chi connectivity index (χ0) is 15.9. The molecule has 118 valence electrons. The van der Waals surface area contributed by atoms with E-state index in [1.807, 2.05) is 14.0 Å². The van der Waals surface area contributed by atoms with Gasteiger partial charge in [-0.25, -0.2) is 13.4 Å². The number of aryl methyl sites for hydroxylation is 2. The van der Waals surface area contributed by atoms with Gasteiger partial charge in [0, 0.05) is 25.2 Å². The predicted molar refractivity (Wildman–Crippen MR) is 82.3 cm³/mol. The maximum absolute atomic E-state index is 12.2. The van der Waals surface area contributed by atoms with Gasteiger partial charge in [-0.1, -0.05) is 0 Å². The van der Waals surface area contributed by atoms with E-state index in [1.165, 1.54) is 6.20 Å².